The molecule has 4 heteroatoms. The van der Waals surface area contributed by atoms with E-state index >= 15 is 0 Å². The Hall–Kier alpha value is -0.510. The second kappa shape index (κ2) is 4.33. The summed E-state index contributed by atoms with van der Waals surface area (Å²) in [6, 6.07) is 0. The number of ether oxygens (including phenoxy) is 1. The number of alkyl halides is 3. The minimum atomic E-state index is -3.34. The van der Waals surface area contributed by atoms with E-state index in [-0.39, 0.29) is 6.61 Å². The van der Waals surface area contributed by atoms with Gasteiger partial charge in [-0.3, -0.25) is 0 Å². The SMILES string of the molecule is C=CCOCC(F)(F)CF. The molecule has 0 heterocycles. The molecule has 0 rings (SSSR count). The van der Waals surface area contributed by atoms with Gasteiger partial charge in [-0.15, -0.1) is 6.58 Å². The number of halogens is 3. The molecule has 0 saturated heterocycles. The van der Waals surface area contributed by atoms with Crippen molar-refractivity contribution in [1.82, 2.24) is 0 Å². The lowest BCUT2D eigenvalue weighted by Gasteiger charge is -2.10. The smallest absolute Gasteiger partial charge is 0.298 e. The molecule has 0 aromatic rings. The standard InChI is InChI=1S/C6H9F3O/c1-2-3-10-5-6(8,9)4-7/h2H,1,3-5H2. The van der Waals surface area contributed by atoms with Crippen molar-refractivity contribution < 1.29 is 17.9 Å². The fourth-order valence-electron chi connectivity index (χ4n) is 0.330. The molecule has 0 spiro atoms. The van der Waals surface area contributed by atoms with Crippen molar-refractivity contribution in [3.8, 4) is 0 Å². The van der Waals surface area contributed by atoms with Gasteiger partial charge in [0, 0.05) is 0 Å². The van der Waals surface area contributed by atoms with Crippen molar-refractivity contribution in [2.24, 2.45) is 0 Å². The second-order valence-corrected chi connectivity index (χ2v) is 1.79. The minimum absolute atomic E-state index is 0.0234. The number of rotatable bonds is 5. The first-order chi connectivity index (χ1) is 4.62. The zero-order chi connectivity index (χ0) is 8.04. The van der Waals surface area contributed by atoms with Crippen LogP contribution in [0.4, 0.5) is 13.2 Å². The van der Waals surface area contributed by atoms with Crippen molar-refractivity contribution in [3.63, 3.8) is 0 Å². The lowest BCUT2D eigenvalue weighted by atomic mass is 10.4. The molecule has 0 aliphatic carbocycles. The Morgan fingerprint density at radius 2 is 2.10 bits per heavy atom. The molecule has 0 radical (unpaired) electrons. The molecule has 1 nitrogen and oxygen atoms in total. The average molecular weight is 154 g/mol. The fourth-order valence-corrected chi connectivity index (χ4v) is 0.330. The summed E-state index contributed by atoms with van der Waals surface area (Å²) in [4.78, 5) is 0. The van der Waals surface area contributed by atoms with Gasteiger partial charge in [-0.1, -0.05) is 6.08 Å². The summed E-state index contributed by atoms with van der Waals surface area (Å²) < 4.78 is 39.6. The summed E-state index contributed by atoms with van der Waals surface area (Å²) in [5.41, 5.74) is 0. The Kier molecular flexibility index (Phi) is 4.11. The van der Waals surface area contributed by atoms with Crippen LogP contribution < -0.4 is 0 Å². The van der Waals surface area contributed by atoms with Gasteiger partial charge in [0.25, 0.3) is 5.92 Å². The quantitative estimate of drug-likeness (QED) is 0.433. The normalized spacial score (nSPS) is 11.5. The van der Waals surface area contributed by atoms with Crippen LogP contribution >= 0.6 is 0 Å². The van der Waals surface area contributed by atoms with Crippen LogP contribution in [0.1, 0.15) is 0 Å². The third kappa shape index (κ3) is 4.38. The number of hydrogen-bond acceptors (Lipinski definition) is 1. The molecule has 0 saturated carbocycles. The third-order valence-corrected chi connectivity index (χ3v) is 0.744. The summed E-state index contributed by atoms with van der Waals surface area (Å²) in [6.45, 7) is 0.710. The van der Waals surface area contributed by atoms with E-state index in [1.807, 2.05) is 0 Å². The molecule has 60 valence electrons. The van der Waals surface area contributed by atoms with Crippen LogP contribution in [0.2, 0.25) is 0 Å². The van der Waals surface area contributed by atoms with E-state index in [9.17, 15) is 13.2 Å². The van der Waals surface area contributed by atoms with Gasteiger partial charge in [-0.2, -0.15) is 0 Å². The Morgan fingerprint density at radius 1 is 1.50 bits per heavy atom. The lowest BCUT2D eigenvalue weighted by molar-refractivity contribution is -0.0851. The number of hydrogen-bond donors (Lipinski definition) is 0. The first-order valence-electron chi connectivity index (χ1n) is 2.75. The topological polar surface area (TPSA) is 9.23 Å². The van der Waals surface area contributed by atoms with Crippen LogP contribution in [-0.2, 0) is 4.74 Å². The van der Waals surface area contributed by atoms with E-state index in [4.69, 9.17) is 0 Å². The zero-order valence-electron chi connectivity index (χ0n) is 5.45. The van der Waals surface area contributed by atoms with Gasteiger partial charge in [-0.05, 0) is 0 Å². The summed E-state index contributed by atoms with van der Waals surface area (Å²) in [7, 11) is 0. The molecule has 0 amide bonds. The highest BCUT2D eigenvalue weighted by Crippen LogP contribution is 2.13. The van der Waals surface area contributed by atoms with Gasteiger partial charge in [0.1, 0.15) is 6.61 Å². The molecule has 0 unspecified atom stereocenters. The van der Waals surface area contributed by atoms with Crippen LogP contribution in [0.3, 0.4) is 0 Å². The first kappa shape index (κ1) is 9.49. The maximum absolute atomic E-state index is 11.9. The van der Waals surface area contributed by atoms with Gasteiger partial charge in [0.05, 0.1) is 6.61 Å². The lowest BCUT2D eigenvalue weighted by Crippen LogP contribution is -2.25. The van der Waals surface area contributed by atoms with E-state index in [0.717, 1.165) is 0 Å². The van der Waals surface area contributed by atoms with E-state index < -0.39 is 19.2 Å². The van der Waals surface area contributed by atoms with Gasteiger partial charge in [-0.25, -0.2) is 13.2 Å². The largest absolute Gasteiger partial charge is 0.371 e. The molecule has 0 fully saturated rings. The van der Waals surface area contributed by atoms with Crippen molar-refractivity contribution >= 4 is 0 Å². The van der Waals surface area contributed by atoms with Crippen LogP contribution in [0, 0.1) is 0 Å². The van der Waals surface area contributed by atoms with Gasteiger partial charge in [0.15, 0.2) is 6.67 Å². The fraction of sp³-hybridized carbons (Fsp3) is 0.667. The molecule has 0 aliphatic heterocycles. The average Bonchev–Trinajstić information content (AvgIpc) is 1.89. The highest BCUT2D eigenvalue weighted by molar-refractivity contribution is 4.67. The highest BCUT2D eigenvalue weighted by Gasteiger charge is 2.28. The Bertz CT molecular complexity index is 103. The Balaban J connectivity index is 3.36. The van der Waals surface area contributed by atoms with Crippen LogP contribution in [0.5, 0.6) is 0 Å². The molecule has 10 heavy (non-hydrogen) atoms. The van der Waals surface area contributed by atoms with Gasteiger partial charge < -0.3 is 4.74 Å². The predicted octanol–water partition coefficient (Wildman–Crippen LogP) is 1.79. The molecule has 0 bridgehead atoms. The van der Waals surface area contributed by atoms with E-state index in [1.165, 1.54) is 6.08 Å². The molecular weight excluding hydrogens is 145 g/mol. The van der Waals surface area contributed by atoms with Gasteiger partial charge >= 0.3 is 0 Å². The second-order valence-electron chi connectivity index (χ2n) is 1.79. The molecule has 0 N–H and O–H groups in total. The summed E-state index contributed by atoms with van der Waals surface area (Å²) in [6.07, 6.45) is 1.33. The maximum Gasteiger partial charge on any atom is 0.298 e. The van der Waals surface area contributed by atoms with Crippen molar-refractivity contribution in [3.05, 3.63) is 12.7 Å². The predicted molar refractivity (Wildman–Crippen MR) is 31.9 cm³/mol. The third-order valence-electron chi connectivity index (χ3n) is 0.744. The molecule has 0 aromatic carbocycles. The van der Waals surface area contributed by atoms with Crippen molar-refractivity contribution in [1.29, 1.82) is 0 Å². The minimum Gasteiger partial charge on any atom is -0.371 e. The van der Waals surface area contributed by atoms with Crippen LogP contribution in [0.25, 0.3) is 0 Å². The van der Waals surface area contributed by atoms with Gasteiger partial charge in [0.2, 0.25) is 0 Å². The Morgan fingerprint density at radius 3 is 2.50 bits per heavy atom. The van der Waals surface area contributed by atoms with Crippen LogP contribution in [0.15, 0.2) is 12.7 Å². The molecule has 0 atom stereocenters. The Labute approximate surface area is 57.5 Å². The molecule has 0 aromatic heterocycles. The monoisotopic (exact) mass is 154 g/mol. The summed E-state index contributed by atoms with van der Waals surface area (Å²) in [5, 5.41) is 0. The zero-order valence-corrected chi connectivity index (χ0v) is 5.45. The molecule has 0 aliphatic rings. The summed E-state index contributed by atoms with van der Waals surface area (Å²) >= 11 is 0. The van der Waals surface area contributed by atoms with E-state index in [0.29, 0.717) is 0 Å². The highest BCUT2D eigenvalue weighted by atomic mass is 19.3. The van der Waals surface area contributed by atoms with Crippen LogP contribution in [-0.4, -0.2) is 25.8 Å². The maximum atomic E-state index is 11.9. The molecular formula is C6H9F3O. The van der Waals surface area contributed by atoms with Crippen molar-refractivity contribution in [2.75, 3.05) is 19.9 Å². The van der Waals surface area contributed by atoms with Crippen molar-refractivity contribution in [2.45, 2.75) is 5.92 Å². The summed E-state index contributed by atoms with van der Waals surface area (Å²) in [5.74, 6) is -3.34. The van der Waals surface area contributed by atoms with E-state index in [2.05, 4.69) is 11.3 Å². The first-order valence-corrected chi connectivity index (χ1v) is 2.75. The van der Waals surface area contributed by atoms with E-state index in [1.54, 1.807) is 0 Å².